The van der Waals surface area contributed by atoms with Gasteiger partial charge in [0.1, 0.15) is 11.9 Å². The van der Waals surface area contributed by atoms with E-state index < -0.39 is 4.92 Å². The number of likely N-dealkylation sites (N-methyl/N-ethyl adjacent to an activating group) is 1. The normalized spacial score (nSPS) is 14.9. The number of carbonyl (C=O) groups is 1. The van der Waals surface area contributed by atoms with Crippen LogP contribution in [-0.2, 0) is 4.79 Å². The second-order valence-electron chi connectivity index (χ2n) is 4.61. The van der Waals surface area contributed by atoms with Gasteiger partial charge in [0, 0.05) is 39.4 Å². The van der Waals surface area contributed by atoms with Gasteiger partial charge in [-0.3, -0.25) is 19.9 Å². The van der Waals surface area contributed by atoms with Crippen LogP contribution in [0, 0.1) is 10.1 Å². The molecule has 1 fully saturated rings. The highest BCUT2D eigenvalue weighted by molar-refractivity contribution is 5.82. The number of nitrogens with one attached hydrogen (secondary N) is 1. The lowest BCUT2D eigenvalue weighted by molar-refractivity contribution is -0.384. The zero-order valence-electron chi connectivity index (χ0n) is 11.3. The van der Waals surface area contributed by atoms with Crippen molar-refractivity contribution in [2.75, 3.05) is 44.7 Å². The molecule has 1 amide bonds. The van der Waals surface area contributed by atoms with E-state index >= 15 is 0 Å². The molecule has 8 heteroatoms. The van der Waals surface area contributed by atoms with Gasteiger partial charge in [-0.05, 0) is 6.07 Å². The smallest absolute Gasteiger partial charge is 0.310 e. The molecular weight excluding hydrogens is 262 g/mol. The minimum Gasteiger partial charge on any atom is -0.360 e. The number of amides is 1. The Balaban J connectivity index is 2.06. The van der Waals surface area contributed by atoms with Crippen molar-refractivity contribution in [3.8, 4) is 0 Å². The Kier molecular flexibility index (Phi) is 4.46. The summed E-state index contributed by atoms with van der Waals surface area (Å²) in [7, 11) is 1.67. The van der Waals surface area contributed by atoms with Gasteiger partial charge in [-0.2, -0.15) is 0 Å². The molecule has 0 bridgehead atoms. The lowest BCUT2D eigenvalue weighted by Gasteiger charge is -2.29. The number of pyridine rings is 1. The number of piperazine rings is 1. The Morgan fingerprint density at radius 3 is 2.90 bits per heavy atom. The van der Waals surface area contributed by atoms with Crippen molar-refractivity contribution in [3.63, 3.8) is 0 Å². The van der Waals surface area contributed by atoms with E-state index in [0.717, 1.165) is 13.1 Å². The molecule has 0 spiro atoms. The van der Waals surface area contributed by atoms with Crippen LogP contribution >= 0.6 is 0 Å². The molecule has 8 nitrogen and oxygen atoms in total. The highest BCUT2D eigenvalue weighted by Gasteiger charge is 2.22. The third-order valence-corrected chi connectivity index (χ3v) is 3.23. The van der Waals surface area contributed by atoms with Crippen LogP contribution in [0.25, 0.3) is 0 Å². The van der Waals surface area contributed by atoms with Crippen LogP contribution in [0.2, 0.25) is 0 Å². The molecule has 0 unspecified atom stereocenters. The van der Waals surface area contributed by atoms with Gasteiger partial charge in [-0.25, -0.2) is 0 Å². The number of carbonyl (C=O) groups excluding carboxylic acids is 1. The van der Waals surface area contributed by atoms with Crippen LogP contribution in [0.3, 0.4) is 0 Å². The molecule has 20 heavy (non-hydrogen) atoms. The number of aromatic nitrogens is 1. The Morgan fingerprint density at radius 2 is 2.25 bits per heavy atom. The average molecular weight is 279 g/mol. The third-order valence-electron chi connectivity index (χ3n) is 3.23. The first kappa shape index (κ1) is 14.2. The monoisotopic (exact) mass is 279 g/mol. The summed E-state index contributed by atoms with van der Waals surface area (Å²) >= 11 is 0. The summed E-state index contributed by atoms with van der Waals surface area (Å²) in [6.07, 6.45) is 2.68. The van der Waals surface area contributed by atoms with Crippen molar-refractivity contribution in [2.24, 2.45) is 0 Å². The molecule has 1 N–H and O–H groups in total. The second-order valence-corrected chi connectivity index (χ2v) is 4.61. The molecule has 2 heterocycles. The van der Waals surface area contributed by atoms with E-state index in [0.29, 0.717) is 18.8 Å². The molecule has 2 rings (SSSR count). The highest BCUT2D eigenvalue weighted by Crippen LogP contribution is 2.25. The predicted molar refractivity (Wildman–Crippen MR) is 73.6 cm³/mol. The Morgan fingerprint density at radius 1 is 1.55 bits per heavy atom. The van der Waals surface area contributed by atoms with Gasteiger partial charge in [0.05, 0.1) is 11.5 Å². The quantitative estimate of drug-likeness (QED) is 0.609. The predicted octanol–water partition coefficient (Wildman–Crippen LogP) is -0.142. The van der Waals surface area contributed by atoms with E-state index in [2.05, 4.69) is 10.3 Å². The van der Waals surface area contributed by atoms with Crippen molar-refractivity contribution < 1.29 is 9.72 Å². The fourth-order valence-electron chi connectivity index (χ4n) is 2.14. The van der Waals surface area contributed by atoms with E-state index in [1.165, 1.54) is 12.4 Å². The summed E-state index contributed by atoms with van der Waals surface area (Å²) < 4.78 is 0. The molecule has 0 saturated carbocycles. The Bertz CT molecular complexity index is 502. The van der Waals surface area contributed by atoms with Gasteiger partial charge < -0.3 is 15.1 Å². The first-order valence-electron chi connectivity index (χ1n) is 6.37. The zero-order chi connectivity index (χ0) is 14.5. The van der Waals surface area contributed by atoms with Crippen molar-refractivity contribution in [3.05, 3.63) is 28.6 Å². The number of nitrogens with zero attached hydrogens (tertiary/aromatic N) is 4. The van der Waals surface area contributed by atoms with Crippen molar-refractivity contribution in [1.82, 2.24) is 15.2 Å². The zero-order valence-corrected chi connectivity index (χ0v) is 11.3. The van der Waals surface area contributed by atoms with Crippen molar-refractivity contribution >= 4 is 17.3 Å². The molecular formula is C12H17N5O3. The van der Waals surface area contributed by atoms with E-state index in [-0.39, 0.29) is 18.1 Å². The van der Waals surface area contributed by atoms with Gasteiger partial charge in [-0.1, -0.05) is 0 Å². The molecule has 0 radical (unpaired) electrons. The largest absolute Gasteiger partial charge is 0.360 e. The number of anilines is 1. The minimum atomic E-state index is -0.492. The summed E-state index contributed by atoms with van der Waals surface area (Å²) in [5, 5.41) is 14.1. The Hall–Kier alpha value is -2.22. The molecule has 1 aliphatic heterocycles. The molecule has 1 saturated heterocycles. The Labute approximate surface area is 116 Å². The van der Waals surface area contributed by atoms with E-state index in [1.807, 2.05) is 0 Å². The van der Waals surface area contributed by atoms with Crippen LogP contribution < -0.4 is 10.2 Å². The first-order chi connectivity index (χ1) is 9.59. The van der Waals surface area contributed by atoms with Crippen LogP contribution in [0.5, 0.6) is 0 Å². The maximum absolute atomic E-state index is 12.1. The number of rotatable bonds is 4. The summed E-state index contributed by atoms with van der Waals surface area (Å²) in [5.41, 5.74) is 0.302. The third kappa shape index (κ3) is 3.21. The SMILES string of the molecule is CN(CC(=O)N1CCNCC1)c1ccncc1[N+](=O)[O-]. The van der Waals surface area contributed by atoms with Crippen molar-refractivity contribution in [1.29, 1.82) is 0 Å². The maximum Gasteiger partial charge on any atom is 0.310 e. The van der Waals surface area contributed by atoms with Gasteiger partial charge in [0.15, 0.2) is 0 Å². The number of hydrogen-bond donors (Lipinski definition) is 1. The first-order valence-corrected chi connectivity index (χ1v) is 6.37. The van der Waals surface area contributed by atoms with Crippen LogP contribution in [-0.4, -0.2) is 60.5 Å². The van der Waals surface area contributed by atoms with Gasteiger partial charge in [0.2, 0.25) is 5.91 Å². The maximum atomic E-state index is 12.1. The topological polar surface area (TPSA) is 91.6 Å². The molecule has 1 aromatic rings. The molecule has 0 atom stereocenters. The fraction of sp³-hybridized carbons (Fsp3) is 0.500. The summed E-state index contributed by atoms with van der Waals surface area (Å²) in [6.45, 7) is 3.02. The van der Waals surface area contributed by atoms with Gasteiger partial charge in [-0.15, -0.1) is 0 Å². The molecule has 1 aromatic heterocycles. The van der Waals surface area contributed by atoms with E-state index in [4.69, 9.17) is 0 Å². The van der Waals surface area contributed by atoms with Crippen LogP contribution in [0.1, 0.15) is 0 Å². The molecule has 108 valence electrons. The summed E-state index contributed by atoms with van der Waals surface area (Å²) in [5.74, 6) is -0.0277. The second kappa shape index (κ2) is 6.29. The molecule has 0 aromatic carbocycles. The van der Waals surface area contributed by atoms with Crippen LogP contribution in [0.15, 0.2) is 18.5 Å². The summed E-state index contributed by atoms with van der Waals surface area (Å²) in [6, 6.07) is 1.54. The number of hydrogen-bond acceptors (Lipinski definition) is 6. The molecule has 1 aliphatic rings. The fourth-order valence-corrected chi connectivity index (χ4v) is 2.14. The minimum absolute atomic E-state index is 0.0277. The summed E-state index contributed by atoms with van der Waals surface area (Å²) in [4.78, 5) is 29.7. The molecule has 0 aliphatic carbocycles. The van der Waals surface area contributed by atoms with E-state index in [9.17, 15) is 14.9 Å². The highest BCUT2D eigenvalue weighted by atomic mass is 16.6. The standard InChI is InChI=1S/C12H17N5O3/c1-15(9-12(18)16-6-4-13-5-7-16)10-2-3-14-8-11(10)17(19)20/h2-3,8,13H,4-7,9H2,1H3. The van der Waals surface area contributed by atoms with Crippen LogP contribution in [0.4, 0.5) is 11.4 Å². The van der Waals surface area contributed by atoms with E-state index in [1.54, 1.807) is 22.9 Å². The lowest BCUT2D eigenvalue weighted by Crippen LogP contribution is -2.49. The lowest BCUT2D eigenvalue weighted by atomic mass is 10.3. The number of nitro groups is 1. The average Bonchev–Trinajstić information content (AvgIpc) is 2.48. The van der Waals surface area contributed by atoms with Crippen molar-refractivity contribution in [2.45, 2.75) is 0 Å². The van der Waals surface area contributed by atoms with Gasteiger partial charge >= 0.3 is 5.69 Å². The van der Waals surface area contributed by atoms with Gasteiger partial charge in [0.25, 0.3) is 0 Å².